The fraction of sp³-hybridized carbons (Fsp3) is 0.294. The van der Waals surface area contributed by atoms with Crippen molar-refractivity contribution in [2.45, 2.75) is 13.5 Å². The van der Waals surface area contributed by atoms with Crippen LogP contribution in [0, 0.1) is 0 Å². The molecule has 0 spiro atoms. The maximum atomic E-state index is 6.02. The zero-order chi connectivity index (χ0) is 14.9. The lowest BCUT2D eigenvalue weighted by Gasteiger charge is -2.10. The molecule has 1 N–H and O–H groups in total. The Labute approximate surface area is 130 Å². The molecule has 2 aromatic rings. The topological polar surface area (TPSA) is 30.5 Å². The van der Waals surface area contributed by atoms with Gasteiger partial charge in [-0.1, -0.05) is 42.8 Å². The summed E-state index contributed by atoms with van der Waals surface area (Å²) in [6.07, 6.45) is 0. The Morgan fingerprint density at radius 3 is 2.62 bits per heavy atom. The number of halogens is 1. The quantitative estimate of drug-likeness (QED) is 0.750. The molecule has 0 aliphatic carbocycles. The van der Waals surface area contributed by atoms with Crippen LogP contribution in [0.2, 0.25) is 5.02 Å². The zero-order valence-corrected chi connectivity index (χ0v) is 12.9. The van der Waals surface area contributed by atoms with Gasteiger partial charge in [-0.3, -0.25) is 0 Å². The average molecular weight is 306 g/mol. The lowest BCUT2D eigenvalue weighted by Crippen LogP contribution is -2.12. The minimum atomic E-state index is 0.459. The minimum Gasteiger partial charge on any atom is -0.490 e. The Hall–Kier alpha value is -1.71. The second-order valence-corrected chi connectivity index (χ2v) is 4.96. The molecule has 0 heterocycles. The average Bonchev–Trinajstić information content (AvgIpc) is 2.51. The fourth-order valence-electron chi connectivity index (χ4n) is 1.89. The fourth-order valence-corrected chi connectivity index (χ4v) is 2.08. The molecule has 0 atom stereocenters. The van der Waals surface area contributed by atoms with E-state index in [1.807, 2.05) is 42.5 Å². The number of para-hydroxylation sites is 1. The molecular weight excluding hydrogens is 286 g/mol. The predicted molar refractivity (Wildman–Crippen MR) is 86.3 cm³/mol. The van der Waals surface area contributed by atoms with Gasteiger partial charge in [0.05, 0.1) is 5.02 Å². The van der Waals surface area contributed by atoms with Gasteiger partial charge in [0, 0.05) is 6.54 Å². The second-order valence-electron chi connectivity index (χ2n) is 4.56. The molecule has 0 aliphatic heterocycles. The van der Waals surface area contributed by atoms with Crippen LogP contribution in [0.15, 0.2) is 48.5 Å². The van der Waals surface area contributed by atoms with E-state index in [1.54, 1.807) is 0 Å². The van der Waals surface area contributed by atoms with Crippen LogP contribution in [-0.2, 0) is 6.54 Å². The summed E-state index contributed by atoms with van der Waals surface area (Å²) in [6, 6.07) is 15.5. The summed E-state index contributed by atoms with van der Waals surface area (Å²) in [4.78, 5) is 0. The molecule has 0 saturated heterocycles. The third-order valence-electron chi connectivity index (χ3n) is 2.92. The Morgan fingerprint density at radius 1 is 1.00 bits per heavy atom. The van der Waals surface area contributed by atoms with Crippen LogP contribution >= 0.6 is 11.6 Å². The highest BCUT2D eigenvalue weighted by atomic mass is 35.5. The van der Waals surface area contributed by atoms with Gasteiger partial charge in [-0.2, -0.15) is 0 Å². The number of rotatable bonds is 8. The monoisotopic (exact) mass is 305 g/mol. The SMILES string of the molecule is CCNCc1cccc(OCCOc2ccccc2Cl)c1. The maximum Gasteiger partial charge on any atom is 0.138 e. The molecule has 2 aromatic carbocycles. The maximum absolute atomic E-state index is 6.02. The Bertz CT molecular complexity index is 560. The molecular formula is C17H20ClNO2. The van der Waals surface area contributed by atoms with E-state index in [2.05, 4.69) is 18.3 Å². The zero-order valence-electron chi connectivity index (χ0n) is 12.1. The number of hydrogen-bond donors (Lipinski definition) is 1. The second kappa shape index (κ2) is 8.55. The molecule has 0 fully saturated rings. The third-order valence-corrected chi connectivity index (χ3v) is 3.24. The van der Waals surface area contributed by atoms with Crippen molar-refractivity contribution >= 4 is 11.6 Å². The molecule has 0 saturated carbocycles. The van der Waals surface area contributed by atoms with Gasteiger partial charge in [-0.15, -0.1) is 0 Å². The van der Waals surface area contributed by atoms with Crippen LogP contribution in [0.5, 0.6) is 11.5 Å². The van der Waals surface area contributed by atoms with Crippen LogP contribution in [0.4, 0.5) is 0 Å². The van der Waals surface area contributed by atoms with Crippen LogP contribution in [0.25, 0.3) is 0 Å². The largest absolute Gasteiger partial charge is 0.490 e. The van der Waals surface area contributed by atoms with E-state index in [1.165, 1.54) is 5.56 Å². The number of hydrogen-bond acceptors (Lipinski definition) is 3. The molecule has 0 radical (unpaired) electrons. The highest BCUT2D eigenvalue weighted by Crippen LogP contribution is 2.23. The lowest BCUT2D eigenvalue weighted by molar-refractivity contribution is 0.217. The molecule has 112 valence electrons. The number of ether oxygens (including phenoxy) is 2. The van der Waals surface area contributed by atoms with E-state index in [9.17, 15) is 0 Å². The molecule has 21 heavy (non-hydrogen) atoms. The van der Waals surface area contributed by atoms with Gasteiger partial charge < -0.3 is 14.8 Å². The van der Waals surface area contributed by atoms with Crippen molar-refractivity contribution in [1.29, 1.82) is 0 Å². The highest BCUT2D eigenvalue weighted by Gasteiger charge is 2.00. The van der Waals surface area contributed by atoms with Crippen molar-refractivity contribution in [3.05, 3.63) is 59.1 Å². The van der Waals surface area contributed by atoms with Gasteiger partial charge in [-0.25, -0.2) is 0 Å². The van der Waals surface area contributed by atoms with E-state index in [0.717, 1.165) is 18.8 Å². The molecule has 0 aromatic heterocycles. The Morgan fingerprint density at radius 2 is 1.81 bits per heavy atom. The molecule has 0 unspecified atom stereocenters. The molecule has 4 heteroatoms. The smallest absolute Gasteiger partial charge is 0.138 e. The van der Waals surface area contributed by atoms with Gasteiger partial charge in [-0.05, 0) is 36.4 Å². The molecule has 0 bridgehead atoms. The highest BCUT2D eigenvalue weighted by molar-refractivity contribution is 6.32. The van der Waals surface area contributed by atoms with E-state index in [4.69, 9.17) is 21.1 Å². The summed E-state index contributed by atoms with van der Waals surface area (Å²) in [6.45, 7) is 4.84. The van der Waals surface area contributed by atoms with Gasteiger partial charge >= 0.3 is 0 Å². The van der Waals surface area contributed by atoms with E-state index in [0.29, 0.717) is 24.0 Å². The standard InChI is InChI=1S/C17H20ClNO2/c1-2-19-13-14-6-5-7-15(12-14)20-10-11-21-17-9-4-3-8-16(17)18/h3-9,12,19H,2,10-11,13H2,1H3. The van der Waals surface area contributed by atoms with Crippen molar-refractivity contribution in [2.24, 2.45) is 0 Å². The Balaban J connectivity index is 1.77. The van der Waals surface area contributed by atoms with E-state index >= 15 is 0 Å². The normalized spacial score (nSPS) is 10.4. The van der Waals surface area contributed by atoms with Crippen molar-refractivity contribution in [2.75, 3.05) is 19.8 Å². The first kappa shape index (κ1) is 15.7. The first-order chi connectivity index (χ1) is 10.3. The van der Waals surface area contributed by atoms with Crippen LogP contribution in [0.1, 0.15) is 12.5 Å². The summed E-state index contributed by atoms with van der Waals surface area (Å²) >= 11 is 6.02. The van der Waals surface area contributed by atoms with Crippen molar-refractivity contribution in [1.82, 2.24) is 5.32 Å². The van der Waals surface area contributed by atoms with Gasteiger partial charge in [0.2, 0.25) is 0 Å². The van der Waals surface area contributed by atoms with Crippen molar-refractivity contribution < 1.29 is 9.47 Å². The lowest BCUT2D eigenvalue weighted by atomic mass is 10.2. The molecule has 3 nitrogen and oxygen atoms in total. The van der Waals surface area contributed by atoms with Gasteiger partial charge in [0.1, 0.15) is 24.7 Å². The molecule has 0 amide bonds. The summed E-state index contributed by atoms with van der Waals surface area (Å²) in [5, 5.41) is 3.91. The molecule has 0 aliphatic rings. The number of benzene rings is 2. The predicted octanol–water partition coefficient (Wildman–Crippen LogP) is 3.91. The first-order valence-corrected chi connectivity index (χ1v) is 7.47. The summed E-state index contributed by atoms with van der Waals surface area (Å²) < 4.78 is 11.3. The van der Waals surface area contributed by atoms with Crippen molar-refractivity contribution in [3.63, 3.8) is 0 Å². The summed E-state index contributed by atoms with van der Waals surface area (Å²) in [7, 11) is 0. The summed E-state index contributed by atoms with van der Waals surface area (Å²) in [5.41, 5.74) is 1.21. The third kappa shape index (κ3) is 5.29. The van der Waals surface area contributed by atoms with Crippen LogP contribution in [-0.4, -0.2) is 19.8 Å². The molecule has 2 rings (SSSR count). The summed E-state index contributed by atoms with van der Waals surface area (Å²) in [5.74, 6) is 1.54. The van der Waals surface area contributed by atoms with Crippen LogP contribution in [0.3, 0.4) is 0 Å². The van der Waals surface area contributed by atoms with E-state index in [-0.39, 0.29) is 0 Å². The van der Waals surface area contributed by atoms with Gasteiger partial charge in [0.25, 0.3) is 0 Å². The number of nitrogens with one attached hydrogen (secondary N) is 1. The van der Waals surface area contributed by atoms with Crippen LogP contribution < -0.4 is 14.8 Å². The van der Waals surface area contributed by atoms with Gasteiger partial charge in [0.15, 0.2) is 0 Å². The minimum absolute atomic E-state index is 0.459. The van der Waals surface area contributed by atoms with E-state index < -0.39 is 0 Å². The Kier molecular flexibility index (Phi) is 6.38. The first-order valence-electron chi connectivity index (χ1n) is 7.09. The van der Waals surface area contributed by atoms with Crippen molar-refractivity contribution in [3.8, 4) is 11.5 Å².